The van der Waals surface area contributed by atoms with E-state index in [9.17, 15) is 10.2 Å². The molecule has 4 aromatic rings. The number of ether oxygens (including phenoxy) is 1. The molecule has 208 valence electrons. The Kier molecular flexibility index (Phi) is 4.86. The standard InChI is InChI=1S/C36H36N2O3/c1-22-7-11-25(12-8-22)28-21-38(20-23-5-3-2-4-6-23)32-27(28)18-36(40)30-17-26-13-14-29(39)33-31(26)35(36,34(32)41-33)15-16-37(30)19-24-9-10-24/h2-8,11-14,21,24,30,34,39-40H,9-10,15-20H2,1H3/t30-,34+,35+,36-/m1/s1. The first-order valence-electron chi connectivity index (χ1n) is 15.3. The van der Waals surface area contributed by atoms with Gasteiger partial charge in [0.05, 0.1) is 16.7 Å². The molecule has 1 aromatic heterocycles. The highest BCUT2D eigenvalue weighted by Gasteiger charge is 2.73. The first-order chi connectivity index (χ1) is 20.0. The monoisotopic (exact) mass is 544 g/mol. The lowest BCUT2D eigenvalue weighted by Crippen LogP contribution is -2.74. The van der Waals surface area contributed by atoms with Gasteiger partial charge in [0.1, 0.15) is 0 Å². The fourth-order valence-corrected chi connectivity index (χ4v) is 8.92. The van der Waals surface area contributed by atoms with Crippen LogP contribution in [-0.2, 0) is 24.8 Å². The van der Waals surface area contributed by atoms with Gasteiger partial charge in [0.25, 0.3) is 0 Å². The Hall–Kier alpha value is -3.54. The molecule has 3 aliphatic carbocycles. The van der Waals surface area contributed by atoms with Crippen LogP contribution in [0.5, 0.6) is 11.5 Å². The van der Waals surface area contributed by atoms with Crippen LogP contribution >= 0.6 is 0 Å². The van der Waals surface area contributed by atoms with Crippen LogP contribution in [0.3, 0.4) is 0 Å². The van der Waals surface area contributed by atoms with Crippen molar-refractivity contribution in [1.29, 1.82) is 0 Å². The molecule has 9 rings (SSSR count). The van der Waals surface area contributed by atoms with E-state index in [-0.39, 0.29) is 17.9 Å². The number of fused-ring (bicyclic) bond motifs is 2. The number of likely N-dealkylation sites (tertiary alicyclic amines) is 1. The fourth-order valence-electron chi connectivity index (χ4n) is 8.92. The second-order valence-corrected chi connectivity index (χ2v) is 13.3. The molecule has 5 heteroatoms. The predicted molar refractivity (Wildman–Crippen MR) is 158 cm³/mol. The number of rotatable bonds is 5. The molecule has 1 spiro atoms. The van der Waals surface area contributed by atoms with Crippen molar-refractivity contribution in [3.05, 3.63) is 106 Å². The number of phenolic OH excluding ortho intramolecular Hbond substituents is 1. The molecule has 5 aliphatic rings. The molecule has 4 atom stereocenters. The summed E-state index contributed by atoms with van der Waals surface area (Å²) in [4.78, 5) is 2.60. The third kappa shape index (κ3) is 3.19. The molecular formula is C36H36N2O3. The smallest absolute Gasteiger partial charge is 0.166 e. The zero-order valence-corrected chi connectivity index (χ0v) is 23.5. The first-order valence-corrected chi connectivity index (χ1v) is 15.3. The summed E-state index contributed by atoms with van der Waals surface area (Å²) in [6.45, 7) is 4.88. The van der Waals surface area contributed by atoms with Gasteiger partial charge in [-0.1, -0.05) is 66.2 Å². The molecule has 0 radical (unpaired) electrons. The third-order valence-corrected chi connectivity index (χ3v) is 11.0. The number of aromatic hydroxyl groups is 1. The number of benzene rings is 3. The molecule has 2 fully saturated rings. The highest BCUT2D eigenvalue weighted by Crippen LogP contribution is 2.69. The number of phenols is 1. The maximum atomic E-state index is 13.3. The van der Waals surface area contributed by atoms with Crippen LogP contribution < -0.4 is 4.74 Å². The van der Waals surface area contributed by atoms with E-state index in [2.05, 4.69) is 83.3 Å². The van der Waals surface area contributed by atoms with Gasteiger partial charge in [-0.2, -0.15) is 0 Å². The maximum absolute atomic E-state index is 13.3. The molecule has 3 heterocycles. The second-order valence-electron chi connectivity index (χ2n) is 13.3. The molecule has 2 aliphatic heterocycles. The molecule has 41 heavy (non-hydrogen) atoms. The summed E-state index contributed by atoms with van der Waals surface area (Å²) in [5.74, 6) is 1.54. The van der Waals surface area contributed by atoms with E-state index in [0.717, 1.165) is 49.7 Å². The van der Waals surface area contributed by atoms with Gasteiger partial charge < -0.3 is 19.5 Å². The lowest BCUT2D eigenvalue weighted by molar-refractivity contribution is -0.173. The topological polar surface area (TPSA) is 57.9 Å². The lowest BCUT2D eigenvalue weighted by Gasteiger charge is -2.63. The Bertz CT molecular complexity index is 1690. The summed E-state index contributed by atoms with van der Waals surface area (Å²) in [6.07, 6.45) is 6.76. The minimum atomic E-state index is -0.984. The van der Waals surface area contributed by atoms with Crippen LogP contribution in [0.15, 0.2) is 72.9 Å². The first kappa shape index (κ1) is 24.1. The average Bonchev–Trinajstić information content (AvgIpc) is 3.62. The SMILES string of the molecule is Cc1ccc(-c2cn(Cc3ccccc3)c3c2C[C@@]2(O)[C@H]4Cc5ccc(O)c6c5[C@@]2(CCN4CC2CC2)[C@H]3O6)cc1. The van der Waals surface area contributed by atoms with Crippen molar-refractivity contribution in [1.82, 2.24) is 9.47 Å². The van der Waals surface area contributed by atoms with Gasteiger partial charge in [0.15, 0.2) is 17.6 Å². The molecule has 2 bridgehead atoms. The summed E-state index contributed by atoms with van der Waals surface area (Å²) in [6, 6.07) is 23.3. The Morgan fingerprint density at radius 3 is 2.59 bits per heavy atom. The third-order valence-electron chi connectivity index (χ3n) is 11.0. The maximum Gasteiger partial charge on any atom is 0.166 e. The van der Waals surface area contributed by atoms with Gasteiger partial charge in [-0.3, -0.25) is 4.90 Å². The number of aliphatic hydroxyl groups is 1. The van der Waals surface area contributed by atoms with Crippen molar-refractivity contribution < 1.29 is 14.9 Å². The van der Waals surface area contributed by atoms with Crippen LogP contribution in [-0.4, -0.2) is 44.4 Å². The number of hydrogen-bond acceptors (Lipinski definition) is 4. The van der Waals surface area contributed by atoms with Crippen molar-refractivity contribution in [2.45, 2.75) is 68.7 Å². The number of piperidine rings is 1. The van der Waals surface area contributed by atoms with Gasteiger partial charge in [0, 0.05) is 42.9 Å². The largest absolute Gasteiger partial charge is 0.504 e. The summed E-state index contributed by atoms with van der Waals surface area (Å²) in [5, 5.41) is 24.4. The minimum Gasteiger partial charge on any atom is -0.504 e. The fraction of sp³-hybridized carbons (Fsp3) is 0.389. The van der Waals surface area contributed by atoms with Crippen molar-refractivity contribution in [2.24, 2.45) is 5.92 Å². The number of nitrogens with zero attached hydrogens (tertiary/aromatic N) is 2. The van der Waals surface area contributed by atoms with Crippen LogP contribution in [0.1, 0.15) is 58.9 Å². The average molecular weight is 545 g/mol. The molecule has 2 N–H and O–H groups in total. The Morgan fingerprint density at radius 1 is 1.00 bits per heavy atom. The van der Waals surface area contributed by atoms with E-state index in [4.69, 9.17) is 4.74 Å². The Morgan fingerprint density at radius 2 is 1.80 bits per heavy atom. The highest BCUT2D eigenvalue weighted by atomic mass is 16.5. The van der Waals surface area contributed by atoms with E-state index >= 15 is 0 Å². The normalized spacial score (nSPS) is 29.1. The van der Waals surface area contributed by atoms with E-state index in [1.165, 1.54) is 46.2 Å². The highest BCUT2D eigenvalue weighted by molar-refractivity contribution is 5.73. The van der Waals surface area contributed by atoms with Crippen molar-refractivity contribution in [2.75, 3.05) is 13.1 Å². The van der Waals surface area contributed by atoms with Crippen LogP contribution in [0, 0.1) is 12.8 Å². The summed E-state index contributed by atoms with van der Waals surface area (Å²) >= 11 is 0. The van der Waals surface area contributed by atoms with Gasteiger partial charge in [0.2, 0.25) is 0 Å². The predicted octanol–water partition coefficient (Wildman–Crippen LogP) is 5.92. The van der Waals surface area contributed by atoms with E-state index in [0.29, 0.717) is 12.2 Å². The lowest BCUT2D eigenvalue weighted by atomic mass is 9.49. The number of aromatic nitrogens is 1. The van der Waals surface area contributed by atoms with Crippen molar-refractivity contribution in [3.8, 4) is 22.6 Å². The summed E-state index contributed by atoms with van der Waals surface area (Å²) in [7, 11) is 0. The molecule has 1 saturated carbocycles. The molecule has 3 aromatic carbocycles. The van der Waals surface area contributed by atoms with Crippen LogP contribution in [0.2, 0.25) is 0 Å². The van der Waals surface area contributed by atoms with Gasteiger partial charge >= 0.3 is 0 Å². The quantitative estimate of drug-likeness (QED) is 0.328. The van der Waals surface area contributed by atoms with Gasteiger partial charge in [-0.05, 0) is 73.4 Å². The number of aryl methyl sites for hydroxylation is 1. The minimum absolute atomic E-state index is 0.0300. The molecule has 0 amide bonds. The van der Waals surface area contributed by atoms with Gasteiger partial charge in [-0.25, -0.2) is 0 Å². The van der Waals surface area contributed by atoms with Crippen LogP contribution in [0.4, 0.5) is 0 Å². The molecule has 1 saturated heterocycles. The Labute approximate surface area is 241 Å². The van der Waals surface area contributed by atoms with Crippen molar-refractivity contribution in [3.63, 3.8) is 0 Å². The zero-order chi connectivity index (χ0) is 27.5. The second kappa shape index (κ2) is 8.27. The summed E-state index contributed by atoms with van der Waals surface area (Å²) in [5.41, 5.74) is 7.92. The van der Waals surface area contributed by atoms with Crippen molar-refractivity contribution >= 4 is 0 Å². The number of hydrogen-bond donors (Lipinski definition) is 2. The van der Waals surface area contributed by atoms with Crippen LogP contribution in [0.25, 0.3) is 11.1 Å². The van der Waals surface area contributed by atoms with Gasteiger partial charge in [-0.15, -0.1) is 0 Å². The molecular weight excluding hydrogens is 508 g/mol. The van der Waals surface area contributed by atoms with E-state index < -0.39 is 11.0 Å². The molecule has 5 nitrogen and oxygen atoms in total. The zero-order valence-electron chi connectivity index (χ0n) is 23.5. The summed E-state index contributed by atoms with van der Waals surface area (Å²) < 4.78 is 9.30. The molecule has 0 unspecified atom stereocenters. The van der Waals surface area contributed by atoms with E-state index in [1.54, 1.807) is 6.07 Å². The Balaban J connectivity index is 1.29. The van der Waals surface area contributed by atoms with E-state index in [1.807, 2.05) is 0 Å².